The third-order valence-corrected chi connectivity index (χ3v) is 4.80. The minimum absolute atomic E-state index is 0. The lowest BCUT2D eigenvalue weighted by molar-refractivity contribution is -0.139. The molecule has 0 aromatic rings. The standard InChI is InChI=1S/C15H27N3O2.ClH/c1-3-11(2)14(16)15(20)17-8-4-6-12(10-17)18-9-5-7-13(18)19;/h11-12,14H,3-10,16H2,1-2H3;1H/t11-,12?,14-;/m0./s1. The third kappa shape index (κ3) is 4.10. The summed E-state index contributed by atoms with van der Waals surface area (Å²) < 4.78 is 0. The summed E-state index contributed by atoms with van der Waals surface area (Å²) in [5, 5.41) is 0. The Balaban J connectivity index is 0.00000220. The molecule has 3 atom stereocenters. The van der Waals surface area contributed by atoms with Crippen LogP contribution in [-0.4, -0.2) is 53.3 Å². The van der Waals surface area contributed by atoms with E-state index in [2.05, 4.69) is 6.92 Å². The molecule has 0 saturated carbocycles. The van der Waals surface area contributed by atoms with Crippen molar-refractivity contribution in [2.75, 3.05) is 19.6 Å². The lowest BCUT2D eigenvalue weighted by Crippen LogP contribution is -2.55. The highest BCUT2D eigenvalue weighted by molar-refractivity contribution is 5.85. The van der Waals surface area contributed by atoms with Crippen LogP contribution in [0.2, 0.25) is 0 Å². The smallest absolute Gasteiger partial charge is 0.239 e. The van der Waals surface area contributed by atoms with E-state index in [1.54, 1.807) is 0 Å². The van der Waals surface area contributed by atoms with Gasteiger partial charge in [0.25, 0.3) is 0 Å². The van der Waals surface area contributed by atoms with E-state index in [0.29, 0.717) is 13.0 Å². The number of halogens is 1. The van der Waals surface area contributed by atoms with Crippen LogP contribution in [0.5, 0.6) is 0 Å². The summed E-state index contributed by atoms with van der Waals surface area (Å²) >= 11 is 0. The Morgan fingerprint density at radius 1 is 1.38 bits per heavy atom. The number of nitrogens with zero attached hydrogens (tertiary/aromatic N) is 2. The first-order chi connectivity index (χ1) is 9.54. The van der Waals surface area contributed by atoms with Crippen LogP contribution in [0, 0.1) is 5.92 Å². The maximum atomic E-state index is 12.4. The van der Waals surface area contributed by atoms with E-state index in [0.717, 1.165) is 38.8 Å². The number of likely N-dealkylation sites (tertiary alicyclic amines) is 2. The zero-order chi connectivity index (χ0) is 14.7. The predicted octanol–water partition coefficient (Wildman–Crippen LogP) is 1.39. The maximum absolute atomic E-state index is 12.4. The first-order valence-electron chi connectivity index (χ1n) is 7.88. The molecule has 0 aromatic carbocycles. The molecule has 0 aromatic heterocycles. The molecule has 2 amide bonds. The number of piperidine rings is 1. The molecule has 5 nitrogen and oxygen atoms in total. The minimum Gasteiger partial charge on any atom is -0.339 e. The molecular weight excluding hydrogens is 290 g/mol. The topological polar surface area (TPSA) is 66.6 Å². The van der Waals surface area contributed by atoms with E-state index >= 15 is 0 Å². The first kappa shape index (κ1) is 18.2. The van der Waals surface area contributed by atoms with Crippen molar-refractivity contribution in [2.45, 2.75) is 58.0 Å². The van der Waals surface area contributed by atoms with Gasteiger partial charge < -0.3 is 15.5 Å². The number of amides is 2. The summed E-state index contributed by atoms with van der Waals surface area (Å²) in [5.41, 5.74) is 6.06. The fourth-order valence-corrected chi connectivity index (χ4v) is 3.17. The molecule has 2 aliphatic heterocycles. The van der Waals surface area contributed by atoms with Crippen LogP contribution in [-0.2, 0) is 9.59 Å². The zero-order valence-electron chi connectivity index (χ0n) is 13.1. The molecule has 2 heterocycles. The van der Waals surface area contributed by atoms with Gasteiger partial charge in [-0.3, -0.25) is 9.59 Å². The summed E-state index contributed by atoms with van der Waals surface area (Å²) in [6.45, 7) is 6.37. The summed E-state index contributed by atoms with van der Waals surface area (Å²) in [6.07, 6.45) is 4.50. The van der Waals surface area contributed by atoms with Crippen molar-refractivity contribution in [2.24, 2.45) is 11.7 Å². The number of carbonyl (C=O) groups is 2. The van der Waals surface area contributed by atoms with Gasteiger partial charge in [0, 0.05) is 32.1 Å². The fourth-order valence-electron chi connectivity index (χ4n) is 3.17. The highest BCUT2D eigenvalue weighted by Crippen LogP contribution is 2.22. The highest BCUT2D eigenvalue weighted by atomic mass is 35.5. The lowest BCUT2D eigenvalue weighted by atomic mass is 9.97. The Bertz CT molecular complexity index is 378. The Kier molecular flexibility index (Phi) is 6.94. The molecule has 0 aliphatic carbocycles. The van der Waals surface area contributed by atoms with Gasteiger partial charge in [0.2, 0.25) is 11.8 Å². The van der Waals surface area contributed by atoms with Crippen molar-refractivity contribution in [3.8, 4) is 0 Å². The van der Waals surface area contributed by atoms with Crippen LogP contribution in [0.25, 0.3) is 0 Å². The first-order valence-corrected chi connectivity index (χ1v) is 7.88. The van der Waals surface area contributed by atoms with Crippen LogP contribution in [0.3, 0.4) is 0 Å². The maximum Gasteiger partial charge on any atom is 0.239 e. The Hall–Kier alpha value is -0.810. The second-order valence-electron chi connectivity index (χ2n) is 6.18. The molecule has 0 spiro atoms. The van der Waals surface area contributed by atoms with Crippen LogP contribution >= 0.6 is 12.4 Å². The molecule has 21 heavy (non-hydrogen) atoms. The zero-order valence-corrected chi connectivity index (χ0v) is 13.9. The van der Waals surface area contributed by atoms with Gasteiger partial charge in [0.15, 0.2) is 0 Å². The predicted molar refractivity (Wildman–Crippen MR) is 85.2 cm³/mol. The van der Waals surface area contributed by atoms with E-state index in [-0.39, 0.29) is 36.2 Å². The van der Waals surface area contributed by atoms with Crippen molar-refractivity contribution < 1.29 is 9.59 Å². The Labute approximate surface area is 133 Å². The van der Waals surface area contributed by atoms with E-state index in [1.807, 2.05) is 16.7 Å². The average molecular weight is 318 g/mol. The number of carbonyl (C=O) groups excluding carboxylic acids is 2. The largest absolute Gasteiger partial charge is 0.339 e. The molecule has 2 rings (SSSR count). The van der Waals surface area contributed by atoms with E-state index in [4.69, 9.17) is 5.73 Å². The molecule has 0 bridgehead atoms. The molecule has 2 aliphatic rings. The molecule has 2 fully saturated rings. The van der Waals surface area contributed by atoms with Crippen LogP contribution in [0.1, 0.15) is 46.0 Å². The molecular formula is C15H28ClN3O2. The van der Waals surface area contributed by atoms with Gasteiger partial charge in [-0.25, -0.2) is 0 Å². The van der Waals surface area contributed by atoms with Gasteiger partial charge in [-0.2, -0.15) is 0 Å². The molecule has 0 radical (unpaired) electrons. The summed E-state index contributed by atoms with van der Waals surface area (Å²) in [6, 6.07) is -0.208. The second kappa shape index (κ2) is 7.99. The van der Waals surface area contributed by atoms with Gasteiger partial charge >= 0.3 is 0 Å². The van der Waals surface area contributed by atoms with E-state index in [1.165, 1.54) is 0 Å². The molecule has 1 unspecified atom stereocenters. The highest BCUT2D eigenvalue weighted by Gasteiger charge is 2.34. The second-order valence-corrected chi connectivity index (χ2v) is 6.18. The lowest BCUT2D eigenvalue weighted by Gasteiger charge is -2.39. The quantitative estimate of drug-likeness (QED) is 0.852. The van der Waals surface area contributed by atoms with Crippen LogP contribution in [0.4, 0.5) is 0 Å². The number of hydrogen-bond acceptors (Lipinski definition) is 3. The SMILES string of the molecule is CC[C@H](C)[C@H](N)C(=O)N1CCCC(N2CCCC2=O)C1.Cl. The fraction of sp³-hybridized carbons (Fsp3) is 0.867. The van der Waals surface area contributed by atoms with Gasteiger partial charge in [0.1, 0.15) is 0 Å². The normalized spacial score (nSPS) is 25.5. The van der Waals surface area contributed by atoms with E-state index < -0.39 is 6.04 Å². The monoisotopic (exact) mass is 317 g/mol. The summed E-state index contributed by atoms with van der Waals surface area (Å²) in [7, 11) is 0. The van der Waals surface area contributed by atoms with Crippen molar-refractivity contribution in [3.05, 3.63) is 0 Å². The number of nitrogens with two attached hydrogens (primary N) is 1. The van der Waals surface area contributed by atoms with Gasteiger partial charge in [-0.15, -0.1) is 12.4 Å². The van der Waals surface area contributed by atoms with Crippen molar-refractivity contribution in [3.63, 3.8) is 0 Å². The van der Waals surface area contributed by atoms with Gasteiger partial charge in [-0.05, 0) is 25.2 Å². The van der Waals surface area contributed by atoms with Gasteiger partial charge in [-0.1, -0.05) is 20.3 Å². The number of hydrogen-bond donors (Lipinski definition) is 1. The molecule has 6 heteroatoms. The third-order valence-electron chi connectivity index (χ3n) is 4.80. The van der Waals surface area contributed by atoms with E-state index in [9.17, 15) is 9.59 Å². The number of rotatable bonds is 4. The Morgan fingerprint density at radius 3 is 2.67 bits per heavy atom. The summed E-state index contributed by atoms with van der Waals surface area (Å²) in [4.78, 5) is 28.1. The molecule has 122 valence electrons. The average Bonchev–Trinajstić information content (AvgIpc) is 2.91. The Morgan fingerprint density at radius 2 is 2.10 bits per heavy atom. The van der Waals surface area contributed by atoms with Crippen LogP contribution < -0.4 is 5.73 Å². The van der Waals surface area contributed by atoms with Crippen molar-refractivity contribution in [1.29, 1.82) is 0 Å². The minimum atomic E-state index is -0.409. The van der Waals surface area contributed by atoms with Crippen molar-refractivity contribution >= 4 is 24.2 Å². The summed E-state index contributed by atoms with van der Waals surface area (Å²) in [5.74, 6) is 0.502. The van der Waals surface area contributed by atoms with Crippen molar-refractivity contribution in [1.82, 2.24) is 9.80 Å². The molecule has 2 N–H and O–H groups in total. The van der Waals surface area contributed by atoms with Gasteiger partial charge in [0.05, 0.1) is 6.04 Å². The van der Waals surface area contributed by atoms with Crippen LogP contribution in [0.15, 0.2) is 0 Å². The molecule has 2 saturated heterocycles.